The van der Waals surface area contributed by atoms with E-state index in [1.807, 2.05) is 18.2 Å². The van der Waals surface area contributed by atoms with E-state index in [4.69, 9.17) is 9.47 Å². The van der Waals surface area contributed by atoms with Crippen molar-refractivity contribution in [2.75, 3.05) is 19.8 Å². The van der Waals surface area contributed by atoms with Crippen molar-refractivity contribution in [1.29, 1.82) is 0 Å². The third-order valence-corrected chi connectivity index (χ3v) is 6.55. The first-order chi connectivity index (χ1) is 17.0. The van der Waals surface area contributed by atoms with Crippen LogP contribution in [-0.4, -0.2) is 59.6 Å². The number of allylic oxidation sites excluding steroid dienone is 2. The van der Waals surface area contributed by atoms with Gasteiger partial charge in [-0.05, 0) is 36.1 Å². The summed E-state index contributed by atoms with van der Waals surface area (Å²) in [6.07, 6.45) is 8.98. The van der Waals surface area contributed by atoms with Crippen LogP contribution in [0.25, 0.3) is 10.9 Å². The number of likely N-dealkylation sites (tertiary alicyclic amines) is 1. The minimum absolute atomic E-state index is 0.0609. The van der Waals surface area contributed by atoms with Gasteiger partial charge in [-0.2, -0.15) is 0 Å². The third kappa shape index (κ3) is 4.25. The number of nitrogens with one attached hydrogen (secondary N) is 2. The number of hydrogen-bond acceptors (Lipinski definition) is 6. The number of aromatic nitrogens is 1. The number of nitrogens with zero attached hydrogens (tertiary/aromatic N) is 1. The van der Waals surface area contributed by atoms with Crippen LogP contribution in [0.5, 0.6) is 0 Å². The van der Waals surface area contributed by atoms with E-state index in [1.165, 1.54) is 11.0 Å². The van der Waals surface area contributed by atoms with Gasteiger partial charge < -0.3 is 19.8 Å². The molecule has 1 aromatic heterocycles. The fraction of sp³-hybridized carbons (Fsp3) is 0.308. The number of imide groups is 1. The standard InChI is InChI=1S/C26H25N3O6/c1-2-11-34-25(32)22-17(9-10-29-23(30)18-5-3-4-6-19(18)24(29)31)20-13-15(7-8-21(20)28-22)12-16-14-35-26(33)27-16/h2-8,13,16,18-19,28H,1,9-12,14H2,(H,27,33)/t16-,18?,19?/m0/s1. The Hall–Kier alpha value is -4.14. The first-order valence-corrected chi connectivity index (χ1v) is 11.5. The number of carbonyl (C=O) groups excluding carboxylic acids is 4. The highest BCUT2D eigenvalue weighted by Crippen LogP contribution is 2.32. The number of cyclic esters (lactones) is 1. The van der Waals surface area contributed by atoms with Gasteiger partial charge in [0.2, 0.25) is 11.8 Å². The quantitative estimate of drug-likeness (QED) is 0.344. The first-order valence-electron chi connectivity index (χ1n) is 11.5. The minimum atomic E-state index is -0.535. The predicted molar refractivity (Wildman–Crippen MR) is 126 cm³/mol. The van der Waals surface area contributed by atoms with Gasteiger partial charge in [0.05, 0.1) is 17.9 Å². The highest BCUT2D eigenvalue weighted by Gasteiger charge is 2.45. The molecule has 3 amide bonds. The zero-order valence-corrected chi connectivity index (χ0v) is 19.0. The molecule has 9 heteroatoms. The summed E-state index contributed by atoms with van der Waals surface area (Å²) in [4.78, 5) is 54.3. The van der Waals surface area contributed by atoms with Gasteiger partial charge >= 0.3 is 12.1 Å². The summed E-state index contributed by atoms with van der Waals surface area (Å²) >= 11 is 0. The summed E-state index contributed by atoms with van der Waals surface area (Å²) in [5.41, 5.74) is 2.64. The minimum Gasteiger partial charge on any atom is -0.457 e. The highest BCUT2D eigenvalue weighted by atomic mass is 16.6. The normalized spacial score (nSPS) is 22.9. The Balaban J connectivity index is 1.44. The van der Waals surface area contributed by atoms with Gasteiger partial charge in [0, 0.05) is 17.4 Å². The van der Waals surface area contributed by atoms with Crippen LogP contribution in [0.15, 0.2) is 55.2 Å². The van der Waals surface area contributed by atoms with E-state index in [0.29, 0.717) is 18.6 Å². The van der Waals surface area contributed by atoms with Crippen molar-refractivity contribution in [3.8, 4) is 0 Å². The lowest BCUT2D eigenvalue weighted by Crippen LogP contribution is -2.33. The van der Waals surface area contributed by atoms with E-state index in [-0.39, 0.29) is 43.1 Å². The van der Waals surface area contributed by atoms with Gasteiger partial charge in [0.25, 0.3) is 0 Å². The summed E-state index contributed by atoms with van der Waals surface area (Å²) in [5.74, 6) is -1.93. The lowest BCUT2D eigenvalue weighted by atomic mass is 9.91. The van der Waals surface area contributed by atoms with Crippen molar-refractivity contribution < 1.29 is 28.7 Å². The average Bonchev–Trinajstić information content (AvgIpc) is 3.51. The largest absolute Gasteiger partial charge is 0.457 e. The van der Waals surface area contributed by atoms with Gasteiger partial charge in [0.15, 0.2) is 0 Å². The van der Waals surface area contributed by atoms with E-state index >= 15 is 0 Å². The van der Waals surface area contributed by atoms with Crippen molar-refractivity contribution in [3.05, 3.63) is 72.0 Å². The number of alkyl carbamates (subject to hydrolysis) is 1. The monoisotopic (exact) mass is 475 g/mol. The molecule has 1 aromatic carbocycles. The predicted octanol–water partition coefficient (Wildman–Crippen LogP) is 2.43. The number of H-pyrrole nitrogens is 1. The van der Waals surface area contributed by atoms with Crippen molar-refractivity contribution in [2.45, 2.75) is 18.9 Å². The molecule has 2 aliphatic heterocycles. The maximum absolute atomic E-state index is 12.9. The van der Waals surface area contributed by atoms with Crippen LogP contribution < -0.4 is 5.32 Å². The SMILES string of the molecule is C=CCOC(=O)c1[nH]c2ccc(C[C@H]3COC(=O)N3)cc2c1CCN1C(=O)C2C=CC=CC2C1=O. The molecule has 2 aromatic rings. The molecule has 5 rings (SSSR count). The molecule has 0 spiro atoms. The number of ether oxygens (including phenoxy) is 2. The van der Waals surface area contributed by atoms with Gasteiger partial charge in [-0.3, -0.25) is 14.5 Å². The molecule has 0 saturated carbocycles. The Morgan fingerprint density at radius 1 is 1.17 bits per heavy atom. The molecule has 0 bridgehead atoms. The molecule has 1 aliphatic carbocycles. The van der Waals surface area contributed by atoms with Crippen molar-refractivity contribution in [1.82, 2.24) is 15.2 Å². The van der Waals surface area contributed by atoms with E-state index < -0.39 is 23.9 Å². The first kappa shape index (κ1) is 22.6. The van der Waals surface area contributed by atoms with Gasteiger partial charge in [-0.25, -0.2) is 9.59 Å². The molecule has 2 saturated heterocycles. The number of esters is 1. The van der Waals surface area contributed by atoms with Crippen LogP contribution >= 0.6 is 0 Å². The van der Waals surface area contributed by atoms with Crippen LogP contribution in [0.3, 0.4) is 0 Å². The molecule has 3 aliphatic rings. The fourth-order valence-electron chi connectivity index (χ4n) is 4.87. The van der Waals surface area contributed by atoms with E-state index in [9.17, 15) is 19.2 Å². The molecule has 3 atom stereocenters. The number of hydrogen-bond donors (Lipinski definition) is 2. The Kier molecular flexibility index (Phi) is 5.98. The molecule has 35 heavy (non-hydrogen) atoms. The van der Waals surface area contributed by atoms with Crippen LogP contribution in [-0.2, 0) is 31.9 Å². The number of aromatic amines is 1. The smallest absolute Gasteiger partial charge is 0.407 e. The molecule has 2 fully saturated rings. The second-order valence-electron chi connectivity index (χ2n) is 8.79. The third-order valence-electron chi connectivity index (χ3n) is 6.55. The summed E-state index contributed by atoms with van der Waals surface area (Å²) in [5, 5.41) is 3.56. The lowest BCUT2D eigenvalue weighted by molar-refractivity contribution is -0.139. The fourth-order valence-corrected chi connectivity index (χ4v) is 4.87. The number of amides is 3. The van der Waals surface area contributed by atoms with Crippen LogP contribution in [0.4, 0.5) is 4.79 Å². The Bertz CT molecular complexity index is 1260. The molecule has 9 nitrogen and oxygen atoms in total. The Morgan fingerprint density at radius 2 is 1.91 bits per heavy atom. The molecular formula is C26H25N3O6. The van der Waals surface area contributed by atoms with Gasteiger partial charge in [-0.15, -0.1) is 0 Å². The Labute approximate surface area is 201 Å². The van der Waals surface area contributed by atoms with Crippen molar-refractivity contribution >= 4 is 34.8 Å². The number of benzene rings is 1. The molecule has 180 valence electrons. The molecule has 2 N–H and O–H groups in total. The molecule has 3 heterocycles. The second-order valence-corrected chi connectivity index (χ2v) is 8.79. The average molecular weight is 476 g/mol. The maximum Gasteiger partial charge on any atom is 0.407 e. The Morgan fingerprint density at radius 3 is 2.57 bits per heavy atom. The summed E-state index contributed by atoms with van der Waals surface area (Å²) in [7, 11) is 0. The lowest BCUT2D eigenvalue weighted by Gasteiger charge is -2.15. The second kappa shape index (κ2) is 9.25. The van der Waals surface area contributed by atoms with Crippen LogP contribution in [0, 0.1) is 11.8 Å². The van der Waals surface area contributed by atoms with Crippen molar-refractivity contribution in [3.63, 3.8) is 0 Å². The zero-order valence-electron chi connectivity index (χ0n) is 19.0. The topological polar surface area (TPSA) is 118 Å². The summed E-state index contributed by atoms with van der Waals surface area (Å²) < 4.78 is 10.2. The number of carbonyl (C=O) groups is 4. The highest BCUT2D eigenvalue weighted by molar-refractivity contribution is 6.07. The van der Waals surface area contributed by atoms with E-state index in [2.05, 4.69) is 16.9 Å². The van der Waals surface area contributed by atoms with Gasteiger partial charge in [-0.1, -0.05) is 43.0 Å². The summed E-state index contributed by atoms with van der Waals surface area (Å²) in [6, 6.07) is 5.60. The molecule has 2 unspecified atom stereocenters. The summed E-state index contributed by atoms with van der Waals surface area (Å²) in [6.45, 7) is 4.08. The van der Waals surface area contributed by atoms with E-state index in [1.54, 1.807) is 24.3 Å². The maximum atomic E-state index is 12.9. The zero-order chi connectivity index (χ0) is 24.5. The van der Waals surface area contributed by atoms with Crippen molar-refractivity contribution in [2.24, 2.45) is 11.8 Å². The van der Waals surface area contributed by atoms with Crippen LogP contribution in [0.2, 0.25) is 0 Å². The molecular weight excluding hydrogens is 450 g/mol. The number of rotatable bonds is 8. The number of fused-ring (bicyclic) bond motifs is 2. The van der Waals surface area contributed by atoms with Crippen LogP contribution in [0.1, 0.15) is 21.6 Å². The molecule has 0 radical (unpaired) electrons. The van der Waals surface area contributed by atoms with E-state index in [0.717, 1.165) is 16.5 Å². The van der Waals surface area contributed by atoms with Gasteiger partial charge in [0.1, 0.15) is 18.9 Å².